The van der Waals surface area contributed by atoms with Crippen LogP contribution in [0.5, 0.6) is 5.75 Å². The van der Waals surface area contributed by atoms with Gasteiger partial charge in [0, 0.05) is 16.8 Å². The van der Waals surface area contributed by atoms with Crippen molar-refractivity contribution in [3.8, 4) is 5.75 Å². The van der Waals surface area contributed by atoms with Crippen molar-refractivity contribution >= 4 is 35.1 Å². The molecule has 0 saturated carbocycles. The molecule has 2 aromatic carbocycles. The van der Waals surface area contributed by atoms with E-state index in [1.165, 1.54) is 30.3 Å². The maximum Gasteiger partial charge on any atom is 0.418 e. The van der Waals surface area contributed by atoms with Crippen molar-refractivity contribution in [1.82, 2.24) is 0 Å². The van der Waals surface area contributed by atoms with Gasteiger partial charge in [-0.2, -0.15) is 13.2 Å². The van der Waals surface area contributed by atoms with Crippen molar-refractivity contribution in [2.75, 3.05) is 0 Å². The highest BCUT2D eigenvalue weighted by Crippen LogP contribution is 2.36. The van der Waals surface area contributed by atoms with Crippen LogP contribution < -0.4 is 0 Å². The van der Waals surface area contributed by atoms with Crippen LogP contribution in [0.2, 0.25) is 10.0 Å². The van der Waals surface area contributed by atoms with Crippen molar-refractivity contribution in [1.29, 1.82) is 0 Å². The molecule has 2 nitrogen and oxygen atoms in total. The summed E-state index contributed by atoms with van der Waals surface area (Å²) in [4.78, 5) is 3.76. The number of aromatic hydroxyl groups is 1. The summed E-state index contributed by atoms with van der Waals surface area (Å²) in [6.07, 6.45) is -3.43. The van der Waals surface area contributed by atoms with E-state index in [4.69, 9.17) is 23.2 Å². The minimum atomic E-state index is -4.51. The topological polar surface area (TPSA) is 32.6 Å². The summed E-state index contributed by atoms with van der Waals surface area (Å²) in [7, 11) is 0. The molecule has 0 saturated heterocycles. The molecule has 110 valence electrons. The van der Waals surface area contributed by atoms with Gasteiger partial charge in [0.2, 0.25) is 0 Å². The molecule has 0 aliphatic heterocycles. The number of aliphatic imine (C=N–C) groups is 1. The molecule has 0 bridgehead atoms. The highest BCUT2D eigenvalue weighted by atomic mass is 35.5. The number of rotatable bonds is 2. The quantitative estimate of drug-likeness (QED) is 0.726. The number of para-hydroxylation sites is 1. The fraction of sp³-hybridized carbons (Fsp3) is 0.0714. The van der Waals surface area contributed by atoms with Crippen LogP contribution in [-0.4, -0.2) is 11.3 Å². The summed E-state index contributed by atoms with van der Waals surface area (Å²) >= 11 is 11.5. The Morgan fingerprint density at radius 2 is 1.76 bits per heavy atom. The summed E-state index contributed by atoms with van der Waals surface area (Å²) in [5.74, 6) is -0.297. The first-order valence-corrected chi connectivity index (χ1v) is 6.43. The molecule has 7 heteroatoms. The van der Waals surface area contributed by atoms with Crippen molar-refractivity contribution < 1.29 is 18.3 Å². The lowest BCUT2D eigenvalue weighted by Crippen LogP contribution is -2.04. The third-order valence-electron chi connectivity index (χ3n) is 2.61. The lowest BCUT2D eigenvalue weighted by Gasteiger charge is -2.09. The van der Waals surface area contributed by atoms with Gasteiger partial charge in [0.1, 0.15) is 5.75 Å². The summed E-state index contributed by atoms with van der Waals surface area (Å²) in [6, 6.07) is 7.53. The van der Waals surface area contributed by atoms with Gasteiger partial charge >= 0.3 is 6.18 Å². The van der Waals surface area contributed by atoms with Gasteiger partial charge in [-0.15, -0.1) is 0 Å². The van der Waals surface area contributed by atoms with E-state index in [9.17, 15) is 18.3 Å². The van der Waals surface area contributed by atoms with Gasteiger partial charge in [0.05, 0.1) is 16.3 Å². The minimum absolute atomic E-state index is 0.00643. The van der Waals surface area contributed by atoms with Crippen LogP contribution in [0, 0.1) is 0 Å². The van der Waals surface area contributed by atoms with E-state index in [-0.39, 0.29) is 27.0 Å². The number of halogens is 5. The average molecular weight is 334 g/mol. The molecule has 0 atom stereocenters. The van der Waals surface area contributed by atoms with Crippen LogP contribution in [0.25, 0.3) is 0 Å². The van der Waals surface area contributed by atoms with Gasteiger partial charge in [0.25, 0.3) is 0 Å². The number of hydrogen-bond acceptors (Lipinski definition) is 2. The van der Waals surface area contributed by atoms with E-state index >= 15 is 0 Å². The fourth-order valence-electron chi connectivity index (χ4n) is 1.65. The predicted octanol–water partition coefficient (Wildman–Crippen LogP) is 5.47. The lowest BCUT2D eigenvalue weighted by atomic mass is 10.1. The second-order valence-electron chi connectivity index (χ2n) is 4.10. The highest BCUT2D eigenvalue weighted by molar-refractivity contribution is 6.36. The van der Waals surface area contributed by atoms with Crippen LogP contribution in [0.3, 0.4) is 0 Å². The maximum absolute atomic E-state index is 12.8. The molecule has 0 heterocycles. The molecule has 21 heavy (non-hydrogen) atoms. The standard InChI is InChI=1S/C14H8Cl2F3NO/c15-9-5-8(13(21)11(16)6-9)7-20-12-4-2-1-3-10(12)14(17,18)19/h1-7,21H. The van der Waals surface area contributed by atoms with Crippen LogP contribution in [-0.2, 0) is 6.18 Å². The Bertz CT molecular complexity index is 699. The third kappa shape index (κ3) is 3.68. The molecule has 0 radical (unpaired) electrons. The average Bonchev–Trinajstić information content (AvgIpc) is 2.40. The molecule has 2 rings (SSSR count). The van der Waals surface area contributed by atoms with Crippen molar-refractivity contribution in [2.45, 2.75) is 6.18 Å². The Kier molecular flexibility index (Phi) is 4.44. The van der Waals surface area contributed by atoms with E-state index < -0.39 is 11.7 Å². The van der Waals surface area contributed by atoms with Gasteiger partial charge < -0.3 is 5.11 Å². The number of hydrogen-bond donors (Lipinski definition) is 1. The van der Waals surface area contributed by atoms with Crippen LogP contribution >= 0.6 is 23.2 Å². The summed E-state index contributed by atoms with van der Waals surface area (Å²) < 4.78 is 38.4. The predicted molar refractivity (Wildman–Crippen MR) is 76.8 cm³/mol. The van der Waals surface area contributed by atoms with Crippen LogP contribution in [0.15, 0.2) is 41.4 Å². The first-order valence-electron chi connectivity index (χ1n) is 5.67. The van der Waals surface area contributed by atoms with Crippen molar-refractivity contribution in [3.63, 3.8) is 0 Å². The molecule has 0 unspecified atom stereocenters. The fourth-order valence-corrected chi connectivity index (χ4v) is 2.16. The Hall–Kier alpha value is -1.72. The van der Waals surface area contributed by atoms with Crippen molar-refractivity contribution in [2.24, 2.45) is 4.99 Å². The first kappa shape index (κ1) is 15.7. The Morgan fingerprint density at radius 1 is 1.10 bits per heavy atom. The second-order valence-corrected chi connectivity index (χ2v) is 4.94. The molecule has 0 aliphatic rings. The normalized spacial score (nSPS) is 12.0. The molecule has 0 aromatic heterocycles. The van der Waals surface area contributed by atoms with Crippen LogP contribution in [0.1, 0.15) is 11.1 Å². The zero-order valence-corrected chi connectivity index (χ0v) is 11.8. The molecule has 0 aliphatic carbocycles. The Balaban J connectivity index is 2.44. The minimum Gasteiger partial charge on any atom is -0.506 e. The maximum atomic E-state index is 12.8. The zero-order chi connectivity index (χ0) is 15.6. The number of benzene rings is 2. The Morgan fingerprint density at radius 3 is 2.43 bits per heavy atom. The van der Waals surface area contributed by atoms with Crippen LogP contribution in [0.4, 0.5) is 18.9 Å². The van der Waals surface area contributed by atoms with E-state index in [0.717, 1.165) is 12.3 Å². The van der Waals surface area contributed by atoms with E-state index in [2.05, 4.69) is 4.99 Å². The smallest absolute Gasteiger partial charge is 0.418 e. The van der Waals surface area contributed by atoms with Gasteiger partial charge in [-0.3, -0.25) is 4.99 Å². The second kappa shape index (κ2) is 5.95. The molecule has 1 N–H and O–H groups in total. The summed E-state index contributed by atoms with van der Waals surface area (Å²) in [5, 5.41) is 9.96. The molecule has 2 aromatic rings. The number of phenols is 1. The van der Waals surface area contributed by atoms with Crippen molar-refractivity contribution in [3.05, 3.63) is 57.6 Å². The van der Waals surface area contributed by atoms with Gasteiger partial charge in [0.15, 0.2) is 0 Å². The number of alkyl halides is 3. The third-order valence-corrected chi connectivity index (χ3v) is 3.12. The summed E-state index contributed by atoms with van der Waals surface area (Å²) in [5.41, 5.74) is -1.00. The van der Waals surface area contributed by atoms with E-state index in [1.54, 1.807) is 0 Å². The number of phenolic OH excluding ortho intramolecular Hbond substituents is 1. The highest BCUT2D eigenvalue weighted by Gasteiger charge is 2.33. The lowest BCUT2D eigenvalue weighted by molar-refractivity contribution is -0.137. The zero-order valence-electron chi connectivity index (χ0n) is 10.3. The van der Waals surface area contributed by atoms with E-state index in [0.29, 0.717) is 0 Å². The largest absolute Gasteiger partial charge is 0.506 e. The van der Waals surface area contributed by atoms with Gasteiger partial charge in [-0.25, -0.2) is 0 Å². The molecule has 0 amide bonds. The molecule has 0 spiro atoms. The SMILES string of the molecule is Oc1c(Cl)cc(Cl)cc1C=Nc1ccccc1C(F)(F)F. The first-order chi connectivity index (χ1) is 9.79. The number of nitrogens with zero attached hydrogens (tertiary/aromatic N) is 1. The molecular weight excluding hydrogens is 326 g/mol. The molecular formula is C14H8Cl2F3NO. The van der Waals surface area contributed by atoms with Gasteiger partial charge in [-0.05, 0) is 24.3 Å². The summed E-state index contributed by atoms with van der Waals surface area (Å²) in [6.45, 7) is 0. The monoisotopic (exact) mass is 333 g/mol. The van der Waals surface area contributed by atoms with Gasteiger partial charge in [-0.1, -0.05) is 35.3 Å². The Labute approximate surface area is 128 Å². The molecule has 0 fully saturated rings. The van der Waals surface area contributed by atoms with E-state index in [1.807, 2.05) is 0 Å².